The fraction of sp³-hybridized carbons (Fsp3) is 0.542. The summed E-state index contributed by atoms with van der Waals surface area (Å²) in [6, 6.07) is 5.83. The molecule has 11 heteroatoms. The quantitative estimate of drug-likeness (QED) is 0.251. The number of amidine groups is 1. The van der Waals surface area contributed by atoms with Crippen molar-refractivity contribution in [3.05, 3.63) is 35.9 Å². The van der Waals surface area contributed by atoms with Crippen molar-refractivity contribution in [1.82, 2.24) is 20.4 Å². The maximum atomic E-state index is 13.3. The molecule has 0 bridgehead atoms. The minimum atomic E-state index is -1.08. The standard InChI is InChI=1S/C24H31N5O5S/c1-24(2)19(23(33)34)29-21(32)18(22(29)35-24)27-20(31)17(14-9-5-3-6-10-14)26-16(30)13-15(25)28-11-7-4-8-12-28/h3,5-6,9-10,17-19,22,25H,4,7-8,11-13H2,1-2H3,(H,26,30)(H,27,31)(H,33,34)/t17?,18?,19-,22+/m0/s1. The molecule has 0 aromatic heterocycles. The number of piperidine rings is 1. The lowest BCUT2D eigenvalue weighted by atomic mass is 9.95. The highest BCUT2D eigenvalue weighted by Crippen LogP contribution is 2.50. The summed E-state index contributed by atoms with van der Waals surface area (Å²) < 4.78 is -0.701. The van der Waals surface area contributed by atoms with E-state index < -0.39 is 51.9 Å². The summed E-state index contributed by atoms with van der Waals surface area (Å²) in [7, 11) is 0. The van der Waals surface area contributed by atoms with Crippen LogP contribution in [0.5, 0.6) is 0 Å². The lowest BCUT2D eigenvalue weighted by Gasteiger charge is -2.44. The number of hydrogen-bond acceptors (Lipinski definition) is 6. The molecule has 10 nitrogen and oxygen atoms in total. The van der Waals surface area contributed by atoms with Crippen molar-refractivity contribution in [3.63, 3.8) is 0 Å². The first-order valence-corrected chi connectivity index (χ1v) is 12.7. The van der Waals surface area contributed by atoms with Crippen LogP contribution in [0.1, 0.15) is 51.1 Å². The van der Waals surface area contributed by atoms with Gasteiger partial charge in [0.15, 0.2) is 0 Å². The average Bonchev–Trinajstić information content (AvgIpc) is 3.09. The topological polar surface area (TPSA) is 143 Å². The number of benzene rings is 1. The Bertz CT molecular complexity index is 1030. The minimum absolute atomic E-state index is 0.139. The smallest absolute Gasteiger partial charge is 0.327 e. The maximum absolute atomic E-state index is 13.3. The molecule has 4 N–H and O–H groups in total. The summed E-state index contributed by atoms with van der Waals surface area (Å²) in [6.45, 7) is 5.04. The molecular weight excluding hydrogens is 470 g/mol. The van der Waals surface area contributed by atoms with Gasteiger partial charge in [-0.3, -0.25) is 19.8 Å². The third-order valence-electron chi connectivity index (χ3n) is 6.74. The number of likely N-dealkylation sites (tertiary alicyclic amines) is 1. The molecule has 0 radical (unpaired) electrons. The normalized spacial score (nSPS) is 25.8. The predicted octanol–water partition coefficient (Wildman–Crippen LogP) is 1.33. The van der Waals surface area contributed by atoms with Crippen molar-refractivity contribution in [1.29, 1.82) is 5.41 Å². The van der Waals surface area contributed by atoms with Gasteiger partial charge in [0, 0.05) is 17.8 Å². The van der Waals surface area contributed by atoms with Gasteiger partial charge in [0.05, 0.1) is 6.42 Å². The van der Waals surface area contributed by atoms with E-state index in [9.17, 15) is 24.3 Å². The number of β-lactam (4-membered cyclic amide) rings is 1. The Morgan fingerprint density at radius 1 is 1.17 bits per heavy atom. The Morgan fingerprint density at radius 3 is 2.46 bits per heavy atom. The third-order valence-corrected chi connectivity index (χ3v) is 8.31. The summed E-state index contributed by atoms with van der Waals surface area (Å²) in [4.78, 5) is 53.8. The first-order chi connectivity index (χ1) is 16.6. The number of carbonyl (C=O) groups is 4. The van der Waals surface area contributed by atoms with Crippen LogP contribution in [0.15, 0.2) is 30.3 Å². The first kappa shape index (κ1) is 25.0. The molecule has 0 saturated carbocycles. The largest absolute Gasteiger partial charge is 0.480 e. The molecule has 3 aliphatic rings. The Labute approximate surface area is 208 Å². The monoisotopic (exact) mass is 501 g/mol. The summed E-state index contributed by atoms with van der Waals surface area (Å²) in [6.07, 6.45) is 2.96. The van der Waals surface area contributed by atoms with Gasteiger partial charge >= 0.3 is 5.97 Å². The molecule has 188 valence electrons. The Kier molecular flexibility index (Phi) is 7.07. The van der Waals surface area contributed by atoms with Gasteiger partial charge in [0.1, 0.15) is 29.3 Å². The van der Waals surface area contributed by atoms with Crippen molar-refractivity contribution in [2.24, 2.45) is 0 Å². The van der Waals surface area contributed by atoms with Gasteiger partial charge in [-0.15, -0.1) is 11.8 Å². The second kappa shape index (κ2) is 9.88. The second-order valence-corrected chi connectivity index (χ2v) is 11.4. The zero-order valence-electron chi connectivity index (χ0n) is 19.8. The van der Waals surface area contributed by atoms with E-state index in [-0.39, 0.29) is 12.3 Å². The van der Waals surface area contributed by atoms with E-state index in [2.05, 4.69) is 10.6 Å². The molecule has 0 spiro atoms. The Balaban J connectivity index is 1.44. The number of nitrogens with zero attached hydrogens (tertiary/aromatic N) is 2. The van der Waals surface area contributed by atoms with Crippen LogP contribution in [-0.4, -0.2) is 79.7 Å². The van der Waals surface area contributed by atoms with Gasteiger partial charge in [0.25, 0.3) is 0 Å². The van der Waals surface area contributed by atoms with Crippen molar-refractivity contribution < 1.29 is 24.3 Å². The van der Waals surface area contributed by atoms with Gasteiger partial charge in [-0.1, -0.05) is 30.3 Å². The molecule has 3 aliphatic heterocycles. The third kappa shape index (κ3) is 5.00. The number of carboxylic acids is 1. The molecule has 1 aromatic rings. The van der Waals surface area contributed by atoms with Crippen LogP contribution in [0, 0.1) is 5.41 Å². The van der Waals surface area contributed by atoms with E-state index in [0.29, 0.717) is 5.56 Å². The summed E-state index contributed by atoms with van der Waals surface area (Å²) in [5, 5.41) is 22.9. The highest BCUT2D eigenvalue weighted by Gasteiger charge is 2.64. The molecule has 0 aliphatic carbocycles. The van der Waals surface area contributed by atoms with Crippen LogP contribution >= 0.6 is 11.8 Å². The predicted molar refractivity (Wildman–Crippen MR) is 131 cm³/mol. The van der Waals surface area contributed by atoms with Crippen LogP contribution < -0.4 is 10.6 Å². The van der Waals surface area contributed by atoms with Crippen molar-refractivity contribution in [2.75, 3.05) is 13.1 Å². The van der Waals surface area contributed by atoms with E-state index in [4.69, 9.17) is 5.41 Å². The summed E-state index contributed by atoms with van der Waals surface area (Å²) in [5.74, 6) is -2.30. The maximum Gasteiger partial charge on any atom is 0.327 e. The number of rotatable bonds is 7. The molecule has 4 atom stereocenters. The number of fused-ring (bicyclic) bond motifs is 1. The van der Waals surface area contributed by atoms with E-state index in [1.165, 1.54) is 16.7 Å². The van der Waals surface area contributed by atoms with Gasteiger partial charge in [0.2, 0.25) is 17.7 Å². The Morgan fingerprint density at radius 2 is 1.83 bits per heavy atom. The number of aliphatic carboxylic acids is 1. The molecule has 1 aromatic carbocycles. The first-order valence-electron chi connectivity index (χ1n) is 11.8. The van der Waals surface area contributed by atoms with E-state index in [0.717, 1.165) is 32.4 Å². The molecular formula is C24H31N5O5S. The number of nitrogens with one attached hydrogen (secondary N) is 3. The zero-order chi connectivity index (χ0) is 25.3. The van der Waals surface area contributed by atoms with E-state index >= 15 is 0 Å². The van der Waals surface area contributed by atoms with Crippen LogP contribution in [0.2, 0.25) is 0 Å². The van der Waals surface area contributed by atoms with Gasteiger partial charge in [-0.25, -0.2) is 4.79 Å². The van der Waals surface area contributed by atoms with Crippen molar-refractivity contribution in [3.8, 4) is 0 Å². The molecule has 3 amide bonds. The molecule has 4 rings (SSSR count). The van der Waals surface area contributed by atoms with Crippen molar-refractivity contribution >= 4 is 41.3 Å². The number of amides is 3. The van der Waals surface area contributed by atoms with E-state index in [1.807, 2.05) is 4.90 Å². The number of thioether (sulfide) groups is 1. The Hall–Kier alpha value is -3.08. The van der Waals surface area contributed by atoms with Crippen LogP contribution in [0.25, 0.3) is 0 Å². The lowest BCUT2D eigenvalue weighted by Crippen LogP contribution is -2.71. The second-order valence-electron chi connectivity index (χ2n) is 9.67. The highest BCUT2D eigenvalue weighted by atomic mass is 32.2. The fourth-order valence-electron chi connectivity index (χ4n) is 4.97. The minimum Gasteiger partial charge on any atom is -0.480 e. The number of hydrogen-bond donors (Lipinski definition) is 4. The molecule has 35 heavy (non-hydrogen) atoms. The average molecular weight is 502 g/mol. The molecule has 3 heterocycles. The lowest BCUT2D eigenvalue weighted by molar-refractivity contribution is -0.161. The van der Waals surface area contributed by atoms with Crippen LogP contribution in [0.3, 0.4) is 0 Å². The van der Waals surface area contributed by atoms with Gasteiger partial charge < -0.3 is 25.5 Å². The van der Waals surface area contributed by atoms with Gasteiger partial charge in [-0.2, -0.15) is 0 Å². The fourth-order valence-corrected chi connectivity index (χ4v) is 6.59. The van der Waals surface area contributed by atoms with Crippen molar-refractivity contribution in [2.45, 2.75) is 67.8 Å². The van der Waals surface area contributed by atoms with Crippen LogP contribution in [-0.2, 0) is 19.2 Å². The van der Waals surface area contributed by atoms with Crippen LogP contribution in [0.4, 0.5) is 0 Å². The highest BCUT2D eigenvalue weighted by molar-refractivity contribution is 8.01. The van der Waals surface area contributed by atoms with Gasteiger partial charge in [-0.05, 0) is 38.7 Å². The number of carbonyl (C=O) groups excluding carboxylic acids is 3. The SMILES string of the molecule is CC1(C)S[C@@H]2C(NC(=O)C(NC(=O)CC(=N)N3CCCCC3)c3ccccc3)C(=O)N2[C@H]1C(=O)O. The molecule has 3 fully saturated rings. The van der Waals surface area contributed by atoms with E-state index in [1.54, 1.807) is 44.2 Å². The molecule has 2 unspecified atom stereocenters. The summed E-state index contributed by atoms with van der Waals surface area (Å²) in [5.41, 5.74) is 0.550. The molecule has 3 saturated heterocycles. The summed E-state index contributed by atoms with van der Waals surface area (Å²) >= 11 is 1.34. The zero-order valence-corrected chi connectivity index (χ0v) is 20.6. The number of carboxylic acid groups (broad SMARTS) is 1.